The molecular weight excluding hydrogens is 228 g/mol. The van der Waals surface area contributed by atoms with E-state index in [4.69, 9.17) is 0 Å². The van der Waals surface area contributed by atoms with E-state index >= 15 is 0 Å². The van der Waals surface area contributed by atoms with Crippen LogP contribution in [0.25, 0.3) is 10.8 Å². The second kappa shape index (κ2) is 4.57. The van der Waals surface area contributed by atoms with Gasteiger partial charge in [0.25, 0.3) is 0 Å². The molecule has 0 amide bonds. The molecule has 1 aromatic carbocycles. The number of fused-ring (bicyclic) bond motifs is 1. The number of aromatic nitrogens is 1. The zero-order chi connectivity index (χ0) is 11.7. The maximum Gasteiger partial charge on any atom is 0.0437 e. The van der Waals surface area contributed by atoms with Gasteiger partial charge in [0.2, 0.25) is 0 Å². The standard InChI is InChI=1S/C14H16N2S/c1-10-7-12(9-17-10)16-14-4-2-3-11-5-6-15-8-13(11)14/h2-6,8,10,12,16H,7,9H2,1H3. The molecule has 1 fully saturated rings. The fourth-order valence-electron chi connectivity index (χ4n) is 2.38. The van der Waals surface area contributed by atoms with E-state index in [1.807, 2.05) is 12.4 Å². The summed E-state index contributed by atoms with van der Waals surface area (Å²) in [7, 11) is 0. The molecule has 0 aliphatic carbocycles. The van der Waals surface area contributed by atoms with E-state index < -0.39 is 0 Å². The number of benzene rings is 1. The van der Waals surface area contributed by atoms with E-state index in [0.717, 1.165) is 5.25 Å². The van der Waals surface area contributed by atoms with Crippen molar-refractivity contribution in [2.24, 2.45) is 0 Å². The van der Waals surface area contributed by atoms with Crippen LogP contribution in [0.1, 0.15) is 13.3 Å². The van der Waals surface area contributed by atoms with Gasteiger partial charge in [-0.3, -0.25) is 4.98 Å². The number of thioether (sulfide) groups is 1. The molecule has 1 N–H and O–H groups in total. The van der Waals surface area contributed by atoms with Crippen LogP contribution in [-0.2, 0) is 0 Å². The molecule has 1 aromatic heterocycles. The van der Waals surface area contributed by atoms with E-state index in [2.05, 4.69) is 53.3 Å². The Hall–Kier alpha value is -1.22. The molecule has 2 unspecified atom stereocenters. The fraction of sp³-hybridized carbons (Fsp3) is 0.357. The Morgan fingerprint density at radius 2 is 2.29 bits per heavy atom. The first-order valence-corrected chi connectivity index (χ1v) is 7.09. The average molecular weight is 244 g/mol. The Morgan fingerprint density at radius 3 is 3.12 bits per heavy atom. The van der Waals surface area contributed by atoms with Gasteiger partial charge in [0.05, 0.1) is 0 Å². The Labute approximate surface area is 106 Å². The second-order valence-electron chi connectivity index (χ2n) is 4.62. The maximum atomic E-state index is 4.22. The molecule has 3 rings (SSSR count). The van der Waals surface area contributed by atoms with Crippen molar-refractivity contribution in [3.05, 3.63) is 36.7 Å². The molecule has 0 bridgehead atoms. The Balaban J connectivity index is 1.90. The summed E-state index contributed by atoms with van der Waals surface area (Å²) in [6, 6.07) is 9.05. The molecule has 1 aliphatic heterocycles. The van der Waals surface area contributed by atoms with Gasteiger partial charge < -0.3 is 5.32 Å². The van der Waals surface area contributed by atoms with Crippen molar-refractivity contribution in [3.63, 3.8) is 0 Å². The first-order valence-electron chi connectivity index (χ1n) is 6.04. The Bertz CT molecular complexity index is 521. The zero-order valence-electron chi connectivity index (χ0n) is 9.89. The number of pyridine rings is 1. The summed E-state index contributed by atoms with van der Waals surface area (Å²) in [6.45, 7) is 2.30. The van der Waals surface area contributed by atoms with Crippen molar-refractivity contribution in [1.82, 2.24) is 4.98 Å². The number of anilines is 1. The van der Waals surface area contributed by atoms with Gasteiger partial charge in [-0.1, -0.05) is 19.1 Å². The van der Waals surface area contributed by atoms with Gasteiger partial charge in [-0.05, 0) is 23.9 Å². The monoisotopic (exact) mass is 244 g/mol. The Morgan fingerprint density at radius 1 is 1.35 bits per heavy atom. The molecule has 1 saturated heterocycles. The molecule has 2 heterocycles. The molecular formula is C14H16N2S. The van der Waals surface area contributed by atoms with Crippen LogP contribution >= 0.6 is 11.8 Å². The predicted octanol–water partition coefficient (Wildman–Crippen LogP) is 3.54. The van der Waals surface area contributed by atoms with Crippen LogP contribution in [0.15, 0.2) is 36.7 Å². The minimum Gasteiger partial charge on any atom is -0.381 e. The smallest absolute Gasteiger partial charge is 0.0437 e. The van der Waals surface area contributed by atoms with E-state index in [0.29, 0.717) is 6.04 Å². The molecule has 17 heavy (non-hydrogen) atoms. The quantitative estimate of drug-likeness (QED) is 0.874. The van der Waals surface area contributed by atoms with Crippen molar-refractivity contribution in [2.45, 2.75) is 24.6 Å². The van der Waals surface area contributed by atoms with E-state index in [1.54, 1.807) is 0 Å². The summed E-state index contributed by atoms with van der Waals surface area (Å²) in [4.78, 5) is 4.22. The average Bonchev–Trinajstić information content (AvgIpc) is 2.75. The number of rotatable bonds is 2. The van der Waals surface area contributed by atoms with Crippen LogP contribution in [0.2, 0.25) is 0 Å². The third-order valence-corrected chi connectivity index (χ3v) is 4.60. The minimum absolute atomic E-state index is 0.598. The van der Waals surface area contributed by atoms with Crippen molar-refractivity contribution in [2.75, 3.05) is 11.1 Å². The molecule has 2 aromatic rings. The van der Waals surface area contributed by atoms with Crippen LogP contribution in [-0.4, -0.2) is 22.0 Å². The number of nitrogens with one attached hydrogen (secondary N) is 1. The van der Waals surface area contributed by atoms with Crippen LogP contribution in [0.4, 0.5) is 5.69 Å². The van der Waals surface area contributed by atoms with Crippen molar-refractivity contribution in [3.8, 4) is 0 Å². The fourth-order valence-corrected chi connectivity index (χ4v) is 3.53. The topological polar surface area (TPSA) is 24.9 Å². The van der Waals surface area contributed by atoms with Gasteiger partial charge in [0, 0.05) is 40.5 Å². The number of nitrogens with zero attached hydrogens (tertiary/aromatic N) is 1. The SMILES string of the molecule is CC1CC(Nc2cccc3ccncc23)CS1. The highest BCUT2D eigenvalue weighted by atomic mass is 32.2. The zero-order valence-corrected chi connectivity index (χ0v) is 10.7. The molecule has 2 atom stereocenters. The number of hydrogen-bond donors (Lipinski definition) is 1. The van der Waals surface area contributed by atoms with Gasteiger partial charge in [0.15, 0.2) is 0 Å². The number of hydrogen-bond acceptors (Lipinski definition) is 3. The van der Waals surface area contributed by atoms with Gasteiger partial charge >= 0.3 is 0 Å². The lowest BCUT2D eigenvalue weighted by molar-refractivity contribution is 0.748. The maximum absolute atomic E-state index is 4.22. The first kappa shape index (κ1) is 10.9. The molecule has 88 valence electrons. The molecule has 0 saturated carbocycles. The van der Waals surface area contributed by atoms with E-state index in [1.165, 1.54) is 28.6 Å². The summed E-state index contributed by atoms with van der Waals surface area (Å²) in [5.41, 5.74) is 1.22. The Kier molecular flexibility index (Phi) is 2.93. The summed E-state index contributed by atoms with van der Waals surface area (Å²) in [5, 5.41) is 6.91. The second-order valence-corrected chi connectivity index (χ2v) is 6.09. The molecule has 0 radical (unpaired) electrons. The normalized spacial score (nSPS) is 24.1. The van der Waals surface area contributed by atoms with E-state index in [-0.39, 0.29) is 0 Å². The predicted molar refractivity (Wildman–Crippen MR) is 75.7 cm³/mol. The van der Waals surface area contributed by atoms with Crippen LogP contribution in [0, 0.1) is 0 Å². The summed E-state index contributed by atoms with van der Waals surface area (Å²) in [5.74, 6) is 1.21. The highest BCUT2D eigenvalue weighted by Crippen LogP contribution is 2.30. The van der Waals surface area contributed by atoms with E-state index in [9.17, 15) is 0 Å². The van der Waals surface area contributed by atoms with Gasteiger partial charge in [-0.2, -0.15) is 11.8 Å². The summed E-state index contributed by atoms with van der Waals surface area (Å²) >= 11 is 2.05. The largest absolute Gasteiger partial charge is 0.381 e. The highest BCUT2D eigenvalue weighted by molar-refractivity contribution is 8.00. The van der Waals surface area contributed by atoms with Crippen molar-refractivity contribution < 1.29 is 0 Å². The molecule has 0 spiro atoms. The van der Waals surface area contributed by atoms with Gasteiger partial charge in [0.1, 0.15) is 0 Å². The van der Waals surface area contributed by atoms with Crippen LogP contribution in [0.5, 0.6) is 0 Å². The lowest BCUT2D eigenvalue weighted by atomic mass is 10.1. The molecule has 3 heteroatoms. The van der Waals surface area contributed by atoms with Crippen LogP contribution < -0.4 is 5.32 Å². The minimum atomic E-state index is 0.598. The lowest BCUT2D eigenvalue weighted by Crippen LogP contribution is -2.19. The third kappa shape index (κ3) is 2.25. The molecule has 1 aliphatic rings. The van der Waals surface area contributed by atoms with Gasteiger partial charge in [-0.15, -0.1) is 0 Å². The highest BCUT2D eigenvalue weighted by Gasteiger charge is 2.21. The van der Waals surface area contributed by atoms with Gasteiger partial charge in [-0.25, -0.2) is 0 Å². The molecule has 2 nitrogen and oxygen atoms in total. The van der Waals surface area contributed by atoms with Crippen LogP contribution in [0.3, 0.4) is 0 Å². The first-order chi connectivity index (χ1) is 8.33. The summed E-state index contributed by atoms with van der Waals surface area (Å²) in [6.07, 6.45) is 5.05. The third-order valence-electron chi connectivity index (χ3n) is 3.24. The lowest BCUT2D eigenvalue weighted by Gasteiger charge is -2.15. The summed E-state index contributed by atoms with van der Waals surface area (Å²) < 4.78 is 0. The van der Waals surface area contributed by atoms with Crippen molar-refractivity contribution >= 4 is 28.2 Å². The van der Waals surface area contributed by atoms with Crippen molar-refractivity contribution in [1.29, 1.82) is 0 Å².